The quantitative estimate of drug-likeness (QED) is 0.303. The van der Waals surface area contributed by atoms with Gasteiger partial charge in [-0.25, -0.2) is 4.68 Å². The van der Waals surface area contributed by atoms with Gasteiger partial charge in [-0.2, -0.15) is 13.2 Å². The van der Waals surface area contributed by atoms with Crippen LogP contribution in [-0.2, 0) is 17.5 Å². The van der Waals surface area contributed by atoms with Gasteiger partial charge in [0.25, 0.3) is 5.91 Å². The summed E-state index contributed by atoms with van der Waals surface area (Å²) in [5.41, 5.74) is 2.61. The molecular weight excluding hydrogens is 509 g/mol. The van der Waals surface area contributed by atoms with Gasteiger partial charge in [-0.15, -0.1) is 5.10 Å². The van der Waals surface area contributed by atoms with Crippen molar-refractivity contribution in [2.75, 3.05) is 0 Å². The number of benzene rings is 3. The Morgan fingerprint density at radius 3 is 2.31 bits per heavy atom. The number of nitrogens with one attached hydrogen (secondary N) is 1. The minimum absolute atomic E-state index is 0.00121. The third-order valence-corrected chi connectivity index (χ3v) is 7.96. The van der Waals surface area contributed by atoms with Gasteiger partial charge in [0.2, 0.25) is 0 Å². The minimum atomic E-state index is -4.43. The molecule has 0 spiro atoms. The van der Waals surface area contributed by atoms with Crippen LogP contribution in [0.4, 0.5) is 13.2 Å². The van der Waals surface area contributed by atoms with E-state index in [0.717, 1.165) is 42.5 Å². The molecule has 7 nitrogen and oxygen atoms in total. The summed E-state index contributed by atoms with van der Waals surface area (Å²) < 4.78 is 40.5. The molecule has 39 heavy (non-hydrogen) atoms. The van der Waals surface area contributed by atoms with Gasteiger partial charge in [0.1, 0.15) is 11.0 Å². The number of hydrogen-bond acceptors (Lipinski definition) is 4. The van der Waals surface area contributed by atoms with Crippen LogP contribution in [0.5, 0.6) is 0 Å². The van der Waals surface area contributed by atoms with Crippen molar-refractivity contribution in [3.05, 3.63) is 83.4 Å². The Morgan fingerprint density at radius 1 is 0.974 bits per heavy atom. The van der Waals surface area contributed by atoms with Gasteiger partial charge in [-0.3, -0.25) is 9.59 Å². The molecule has 3 aromatic carbocycles. The Hall–Kier alpha value is -4.21. The Labute approximate surface area is 221 Å². The summed E-state index contributed by atoms with van der Waals surface area (Å²) in [5, 5.41) is 20.7. The zero-order valence-corrected chi connectivity index (χ0v) is 20.8. The van der Waals surface area contributed by atoms with Crippen molar-refractivity contribution >= 4 is 22.9 Å². The van der Waals surface area contributed by atoms with Crippen LogP contribution in [0, 0.1) is 5.41 Å². The van der Waals surface area contributed by atoms with Gasteiger partial charge >= 0.3 is 12.1 Å². The largest absolute Gasteiger partial charge is 0.481 e. The maximum Gasteiger partial charge on any atom is 0.416 e. The van der Waals surface area contributed by atoms with Crippen molar-refractivity contribution in [3.8, 4) is 11.1 Å². The number of aliphatic carboxylic acids is 1. The predicted octanol–water partition coefficient (Wildman–Crippen LogP) is 5.68. The molecule has 3 aliphatic carbocycles. The lowest BCUT2D eigenvalue weighted by Crippen LogP contribution is -2.74. The summed E-state index contributed by atoms with van der Waals surface area (Å²) in [6.45, 7) is 0.142. The molecule has 0 unspecified atom stereocenters. The summed E-state index contributed by atoms with van der Waals surface area (Å²) in [6, 6.07) is 18.1. The van der Waals surface area contributed by atoms with Gasteiger partial charge in [-0.1, -0.05) is 47.7 Å². The molecule has 2 bridgehead atoms. The predicted molar refractivity (Wildman–Crippen MR) is 137 cm³/mol. The monoisotopic (exact) mass is 534 g/mol. The van der Waals surface area contributed by atoms with Gasteiger partial charge in [0.05, 0.1) is 17.7 Å². The number of carboxylic acid groups (broad SMARTS) is 1. The molecule has 2 N–H and O–H groups in total. The van der Waals surface area contributed by atoms with E-state index in [1.165, 1.54) is 16.8 Å². The molecular formula is C29H25F3N4O3. The highest BCUT2D eigenvalue weighted by atomic mass is 19.4. The summed E-state index contributed by atoms with van der Waals surface area (Å²) in [6.07, 6.45) is -1.43. The number of fused-ring (bicyclic) bond motifs is 1. The first-order chi connectivity index (χ1) is 18.5. The molecule has 0 radical (unpaired) electrons. The summed E-state index contributed by atoms with van der Waals surface area (Å²) in [4.78, 5) is 24.7. The highest BCUT2D eigenvalue weighted by Gasteiger charge is 2.67. The van der Waals surface area contributed by atoms with E-state index < -0.39 is 17.7 Å². The minimum Gasteiger partial charge on any atom is -0.481 e. The maximum absolute atomic E-state index is 13.7. The van der Waals surface area contributed by atoms with E-state index in [1.807, 2.05) is 36.4 Å². The second-order valence-electron chi connectivity index (χ2n) is 10.9. The zero-order valence-electron chi connectivity index (χ0n) is 20.8. The lowest BCUT2D eigenvalue weighted by molar-refractivity contribution is -0.161. The smallest absolute Gasteiger partial charge is 0.416 e. The van der Waals surface area contributed by atoms with Crippen molar-refractivity contribution in [3.63, 3.8) is 0 Å². The number of halogens is 3. The number of carboxylic acids is 1. The molecule has 7 rings (SSSR count). The first-order valence-corrected chi connectivity index (χ1v) is 12.7. The van der Waals surface area contributed by atoms with Crippen molar-refractivity contribution in [1.29, 1.82) is 0 Å². The summed E-state index contributed by atoms with van der Waals surface area (Å²) in [5.74, 6) is -1.09. The fourth-order valence-corrected chi connectivity index (χ4v) is 6.24. The number of alkyl halides is 3. The van der Waals surface area contributed by atoms with E-state index in [1.54, 1.807) is 6.07 Å². The number of hydrogen-bond donors (Lipinski definition) is 2. The molecule has 0 atom stereocenters. The third kappa shape index (κ3) is 4.64. The molecule has 3 aliphatic rings. The number of nitrogens with zero attached hydrogens (tertiary/aromatic N) is 3. The van der Waals surface area contributed by atoms with Crippen LogP contribution in [0.2, 0.25) is 0 Å². The van der Waals surface area contributed by atoms with Crippen LogP contribution >= 0.6 is 0 Å². The normalized spacial score (nSPS) is 21.7. The molecule has 1 amide bonds. The number of aromatic nitrogens is 3. The van der Waals surface area contributed by atoms with E-state index in [9.17, 15) is 22.8 Å². The summed E-state index contributed by atoms with van der Waals surface area (Å²) in [7, 11) is 0. The Morgan fingerprint density at radius 2 is 1.67 bits per heavy atom. The lowest BCUT2D eigenvalue weighted by atomic mass is 9.38. The van der Waals surface area contributed by atoms with Gasteiger partial charge in [-0.05, 0) is 72.1 Å². The van der Waals surface area contributed by atoms with Gasteiger partial charge < -0.3 is 10.4 Å². The van der Waals surface area contributed by atoms with E-state index in [4.69, 9.17) is 5.11 Å². The molecule has 10 heteroatoms. The van der Waals surface area contributed by atoms with Crippen molar-refractivity contribution in [2.45, 2.75) is 50.4 Å². The van der Waals surface area contributed by atoms with Crippen molar-refractivity contribution < 1.29 is 27.9 Å². The molecule has 0 saturated heterocycles. The van der Waals surface area contributed by atoms with Crippen LogP contribution in [-0.4, -0.2) is 37.5 Å². The van der Waals surface area contributed by atoms with Crippen LogP contribution in [0.15, 0.2) is 66.7 Å². The van der Waals surface area contributed by atoms with E-state index >= 15 is 0 Å². The molecule has 200 valence electrons. The molecule has 3 fully saturated rings. The van der Waals surface area contributed by atoms with E-state index in [0.29, 0.717) is 28.6 Å². The Balaban J connectivity index is 1.31. The van der Waals surface area contributed by atoms with Crippen molar-refractivity contribution in [2.24, 2.45) is 5.41 Å². The molecule has 0 aliphatic heterocycles. The third-order valence-electron chi connectivity index (χ3n) is 7.96. The number of rotatable bonds is 8. The second kappa shape index (κ2) is 8.93. The average Bonchev–Trinajstić information content (AvgIpc) is 3.26. The Bertz CT molecular complexity index is 1560. The fourth-order valence-electron chi connectivity index (χ4n) is 6.24. The standard InChI is InChI=1S/C29H25F3N4O3/c30-29(31,32)21-8-6-18(7-9-21)14-36-25-22(12-20(13-23(25)34-35-36)19-4-2-1-3-5-19)26(39)33-28-15-27(16-28,17-28)11-10-24(37)38/h1-9,12-13H,10-11,14-17H2,(H,33,39)(H,37,38). The zero-order chi connectivity index (χ0) is 27.4. The number of amides is 1. The molecule has 1 heterocycles. The average molecular weight is 535 g/mol. The first kappa shape index (κ1) is 25.1. The van der Waals surface area contributed by atoms with Gasteiger partial charge in [0.15, 0.2) is 0 Å². The van der Waals surface area contributed by atoms with Crippen LogP contribution in [0.1, 0.15) is 53.6 Å². The number of carbonyl (C=O) groups is 2. The van der Waals surface area contributed by atoms with Crippen LogP contribution in [0.3, 0.4) is 0 Å². The molecule has 4 aromatic rings. The van der Waals surface area contributed by atoms with E-state index in [2.05, 4.69) is 15.6 Å². The second-order valence-corrected chi connectivity index (χ2v) is 10.9. The van der Waals surface area contributed by atoms with E-state index in [-0.39, 0.29) is 29.8 Å². The lowest BCUT2D eigenvalue weighted by Gasteiger charge is -2.71. The Kier molecular flexibility index (Phi) is 5.74. The maximum atomic E-state index is 13.7. The SMILES string of the molecule is O=C(O)CCC12CC(NC(=O)c3cc(-c4ccccc4)cc4nnn(Cc5ccc(C(F)(F)F)cc5)c34)(C1)C2. The fraction of sp³-hybridized carbons (Fsp3) is 0.310. The van der Waals surface area contributed by atoms with Gasteiger partial charge in [0, 0.05) is 12.0 Å². The topological polar surface area (TPSA) is 97.1 Å². The van der Waals surface area contributed by atoms with Crippen LogP contribution in [0.25, 0.3) is 22.2 Å². The highest BCUT2D eigenvalue weighted by molar-refractivity contribution is 6.07. The molecule has 3 saturated carbocycles. The van der Waals surface area contributed by atoms with Crippen LogP contribution < -0.4 is 5.32 Å². The first-order valence-electron chi connectivity index (χ1n) is 12.7. The number of carbonyl (C=O) groups excluding carboxylic acids is 1. The highest BCUT2D eigenvalue weighted by Crippen LogP contribution is 2.69. The van der Waals surface area contributed by atoms with Crippen molar-refractivity contribution in [1.82, 2.24) is 20.3 Å². The summed E-state index contributed by atoms with van der Waals surface area (Å²) >= 11 is 0. The molecule has 1 aromatic heterocycles.